The topological polar surface area (TPSA) is 45.7 Å². The van der Waals surface area contributed by atoms with Crippen molar-refractivity contribution in [3.63, 3.8) is 0 Å². The zero-order chi connectivity index (χ0) is 13.9. The Morgan fingerprint density at radius 1 is 1.43 bits per heavy atom. The number of ether oxygens (including phenoxy) is 1. The second-order valence-electron chi connectivity index (χ2n) is 5.75. The maximum absolute atomic E-state index is 5.53. The van der Waals surface area contributed by atoms with Crippen LogP contribution in [-0.2, 0) is 12.8 Å². The maximum atomic E-state index is 5.53. The van der Waals surface area contributed by atoms with Crippen LogP contribution >= 0.6 is 24.0 Å². The molecule has 1 saturated carbocycles. The first-order chi connectivity index (χ1) is 9.76. The first-order valence-electron chi connectivity index (χ1n) is 7.48. The van der Waals surface area contributed by atoms with Gasteiger partial charge in [0, 0.05) is 26.1 Å². The number of fused-ring (bicyclic) bond motifs is 1. The van der Waals surface area contributed by atoms with Crippen LogP contribution in [-0.4, -0.2) is 32.2 Å². The number of benzene rings is 1. The summed E-state index contributed by atoms with van der Waals surface area (Å²) in [5, 5.41) is 6.82. The highest BCUT2D eigenvalue weighted by atomic mass is 127. The summed E-state index contributed by atoms with van der Waals surface area (Å²) in [7, 11) is 1.83. The molecule has 1 aromatic carbocycles. The molecule has 2 unspecified atom stereocenters. The van der Waals surface area contributed by atoms with Gasteiger partial charge >= 0.3 is 0 Å². The van der Waals surface area contributed by atoms with Crippen molar-refractivity contribution in [1.29, 1.82) is 0 Å². The van der Waals surface area contributed by atoms with E-state index in [-0.39, 0.29) is 24.0 Å². The second kappa shape index (κ2) is 7.33. The van der Waals surface area contributed by atoms with Gasteiger partial charge in [-0.05, 0) is 36.0 Å². The van der Waals surface area contributed by atoms with E-state index >= 15 is 0 Å². The summed E-state index contributed by atoms with van der Waals surface area (Å²) in [6, 6.07) is 7.13. The molecule has 3 rings (SSSR count). The summed E-state index contributed by atoms with van der Waals surface area (Å²) in [5.74, 6) is 2.76. The van der Waals surface area contributed by atoms with Crippen LogP contribution in [0.25, 0.3) is 0 Å². The summed E-state index contributed by atoms with van der Waals surface area (Å²) in [6.45, 7) is 3.99. The number of hydrogen-bond acceptors (Lipinski definition) is 2. The van der Waals surface area contributed by atoms with E-state index in [2.05, 4.69) is 40.7 Å². The summed E-state index contributed by atoms with van der Waals surface area (Å²) < 4.78 is 5.53. The largest absolute Gasteiger partial charge is 0.493 e. The van der Waals surface area contributed by atoms with Gasteiger partial charge in [-0.1, -0.05) is 19.1 Å². The molecule has 0 saturated heterocycles. The van der Waals surface area contributed by atoms with E-state index in [0.29, 0.717) is 6.04 Å². The van der Waals surface area contributed by atoms with Crippen LogP contribution in [0.4, 0.5) is 0 Å². The molecule has 1 heterocycles. The van der Waals surface area contributed by atoms with Gasteiger partial charge in [0.2, 0.25) is 0 Å². The molecule has 2 atom stereocenters. The number of guanidine groups is 1. The van der Waals surface area contributed by atoms with Gasteiger partial charge < -0.3 is 15.4 Å². The van der Waals surface area contributed by atoms with E-state index in [0.717, 1.165) is 43.6 Å². The van der Waals surface area contributed by atoms with Gasteiger partial charge in [-0.2, -0.15) is 0 Å². The first-order valence-corrected chi connectivity index (χ1v) is 7.48. The molecule has 116 valence electrons. The predicted octanol–water partition coefficient (Wildman–Crippen LogP) is 2.36. The van der Waals surface area contributed by atoms with Gasteiger partial charge in [-0.3, -0.25) is 4.99 Å². The Morgan fingerprint density at radius 3 is 2.95 bits per heavy atom. The van der Waals surface area contributed by atoms with E-state index in [4.69, 9.17) is 4.74 Å². The monoisotopic (exact) mass is 401 g/mol. The number of halogens is 1. The lowest BCUT2D eigenvalue weighted by Crippen LogP contribution is -2.39. The Kier molecular flexibility index (Phi) is 5.72. The summed E-state index contributed by atoms with van der Waals surface area (Å²) in [5.41, 5.74) is 2.70. The quantitative estimate of drug-likeness (QED) is 0.463. The van der Waals surface area contributed by atoms with Gasteiger partial charge in [0.1, 0.15) is 5.75 Å². The van der Waals surface area contributed by atoms with E-state index in [1.165, 1.54) is 17.5 Å². The highest BCUT2D eigenvalue weighted by molar-refractivity contribution is 14.0. The van der Waals surface area contributed by atoms with Crippen LogP contribution in [0.1, 0.15) is 24.5 Å². The molecule has 0 spiro atoms. The molecule has 0 radical (unpaired) electrons. The van der Waals surface area contributed by atoms with Crippen LogP contribution in [0.3, 0.4) is 0 Å². The third kappa shape index (κ3) is 4.25. The van der Waals surface area contributed by atoms with Crippen LogP contribution < -0.4 is 15.4 Å². The average Bonchev–Trinajstić information content (AvgIpc) is 2.96. The van der Waals surface area contributed by atoms with Gasteiger partial charge in [0.05, 0.1) is 6.61 Å². The van der Waals surface area contributed by atoms with Gasteiger partial charge in [-0.15, -0.1) is 24.0 Å². The van der Waals surface area contributed by atoms with Crippen LogP contribution in [0.15, 0.2) is 23.2 Å². The van der Waals surface area contributed by atoms with Crippen molar-refractivity contribution in [1.82, 2.24) is 10.6 Å². The second-order valence-corrected chi connectivity index (χ2v) is 5.75. The number of nitrogens with one attached hydrogen (secondary N) is 2. The minimum absolute atomic E-state index is 0. The fourth-order valence-electron chi connectivity index (χ4n) is 2.61. The summed E-state index contributed by atoms with van der Waals surface area (Å²) in [6.07, 6.45) is 3.30. The molecular weight excluding hydrogens is 377 g/mol. The molecule has 21 heavy (non-hydrogen) atoms. The first kappa shape index (κ1) is 16.4. The summed E-state index contributed by atoms with van der Waals surface area (Å²) >= 11 is 0. The molecule has 5 heteroatoms. The highest BCUT2D eigenvalue weighted by Crippen LogP contribution is 2.28. The minimum atomic E-state index is 0. The van der Waals surface area contributed by atoms with E-state index in [1.54, 1.807) is 0 Å². The van der Waals surface area contributed by atoms with Crippen LogP contribution in [0.5, 0.6) is 5.75 Å². The average molecular weight is 401 g/mol. The third-order valence-corrected chi connectivity index (χ3v) is 4.12. The summed E-state index contributed by atoms with van der Waals surface area (Å²) in [4.78, 5) is 4.27. The van der Waals surface area contributed by atoms with E-state index in [1.807, 2.05) is 7.05 Å². The smallest absolute Gasteiger partial charge is 0.191 e. The molecule has 0 bridgehead atoms. The van der Waals surface area contributed by atoms with Crippen molar-refractivity contribution >= 4 is 29.9 Å². The minimum Gasteiger partial charge on any atom is -0.493 e. The van der Waals surface area contributed by atoms with E-state index < -0.39 is 0 Å². The Morgan fingerprint density at radius 2 is 2.24 bits per heavy atom. The van der Waals surface area contributed by atoms with Crippen LogP contribution in [0, 0.1) is 5.92 Å². The van der Waals surface area contributed by atoms with Crippen molar-refractivity contribution in [2.45, 2.75) is 32.2 Å². The molecule has 2 aliphatic rings. The van der Waals surface area contributed by atoms with Crippen LogP contribution in [0.2, 0.25) is 0 Å². The Labute approximate surface area is 143 Å². The molecule has 2 N–H and O–H groups in total. The maximum Gasteiger partial charge on any atom is 0.191 e. The number of hydrogen-bond donors (Lipinski definition) is 2. The number of aliphatic imine (C=N–C) groups is 1. The lowest BCUT2D eigenvalue weighted by molar-refractivity contribution is 0.357. The fraction of sp³-hybridized carbons (Fsp3) is 0.562. The molecule has 4 nitrogen and oxygen atoms in total. The lowest BCUT2D eigenvalue weighted by atomic mass is 10.1. The number of nitrogens with zero attached hydrogens (tertiary/aromatic N) is 1. The SMILES string of the molecule is CN=C(NCCc1ccc2c(c1)CCO2)NC1CC1C.I. The Bertz CT molecular complexity index is 518. The van der Waals surface area contributed by atoms with Crippen molar-refractivity contribution in [3.8, 4) is 5.75 Å². The number of rotatable bonds is 4. The molecule has 1 fully saturated rings. The van der Waals surface area contributed by atoms with Crippen molar-refractivity contribution in [2.75, 3.05) is 20.2 Å². The zero-order valence-corrected chi connectivity index (χ0v) is 15.0. The standard InChI is InChI=1S/C16H23N3O.HI/c1-11-9-14(11)19-16(17-2)18-7-5-12-3-4-15-13(10-12)6-8-20-15;/h3-4,10-11,14H,5-9H2,1-2H3,(H2,17,18,19);1H. The molecule has 0 amide bonds. The van der Waals surface area contributed by atoms with Crippen molar-refractivity contribution in [3.05, 3.63) is 29.3 Å². The normalized spacial score (nSPS) is 22.9. The van der Waals surface area contributed by atoms with Gasteiger partial charge in [0.15, 0.2) is 5.96 Å². The molecule has 1 aromatic rings. The van der Waals surface area contributed by atoms with Gasteiger partial charge in [0.25, 0.3) is 0 Å². The third-order valence-electron chi connectivity index (χ3n) is 4.12. The predicted molar refractivity (Wildman–Crippen MR) is 96.8 cm³/mol. The molecule has 1 aliphatic heterocycles. The molecular formula is C16H24IN3O. The van der Waals surface area contributed by atoms with Crippen molar-refractivity contribution < 1.29 is 4.74 Å². The van der Waals surface area contributed by atoms with Crippen molar-refractivity contribution in [2.24, 2.45) is 10.9 Å². The lowest BCUT2D eigenvalue weighted by Gasteiger charge is -2.11. The highest BCUT2D eigenvalue weighted by Gasteiger charge is 2.33. The molecule has 0 aromatic heterocycles. The van der Waals surface area contributed by atoms with E-state index in [9.17, 15) is 0 Å². The fourth-order valence-corrected chi connectivity index (χ4v) is 2.61. The Balaban J connectivity index is 0.00000161. The van der Waals surface area contributed by atoms with Gasteiger partial charge in [-0.25, -0.2) is 0 Å². The zero-order valence-electron chi connectivity index (χ0n) is 12.7. The Hall–Kier alpha value is -0.980. The molecule has 1 aliphatic carbocycles.